The molecule has 0 aliphatic heterocycles. The number of nitrogens with two attached hydrogens (primary N) is 1. The molecule has 0 fully saturated rings. The molecule has 0 amide bonds. The minimum Gasteiger partial charge on any atom is -0.397 e. The Morgan fingerprint density at radius 1 is 1.57 bits per heavy atom. The van der Waals surface area contributed by atoms with Crippen LogP contribution in [0.4, 0.5) is 11.4 Å². The van der Waals surface area contributed by atoms with E-state index in [0.717, 1.165) is 5.69 Å². The van der Waals surface area contributed by atoms with E-state index in [-0.39, 0.29) is 0 Å². The Bertz CT molecular complexity index is 310. The van der Waals surface area contributed by atoms with E-state index in [0.29, 0.717) is 5.69 Å². The van der Waals surface area contributed by atoms with Crippen LogP contribution < -0.4 is 11.1 Å². The Kier molecular flexibility index (Phi) is 2.96. The van der Waals surface area contributed by atoms with Gasteiger partial charge < -0.3 is 16.2 Å². The van der Waals surface area contributed by atoms with Gasteiger partial charge in [0.2, 0.25) is 0 Å². The number of rotatable bonds is 3. The minimum absolute atomic E-state index is 0.419. The average Bonchev–Trinajstić information content (AvgIpc) is 2.08. The number of nitrogen functional groups attached to an aromatic ring is 1. The molecule has 0 saturated carbocycles. The van der Waals surface area contributed by atoms with Gasteiger partial charge in [-0.25, -0.2) is 0 Å². The van der Waals surface area contributed by atoms with Gasteiger partial charge >= 0.3 is 0 Å². The lowest BCUT2D eigenvalue weighted by atomic mass is 9.98. The van der Waals surface area contributed by atoms with E-state index in [1.807, 2.05) is 13.8 Å². The molecule has 1 rings (SSSR count). The summed E-state index contributed by atoms with van der Waals surface area (Å²) in [6.07, 6.45) is 2.82. The lowest BCUT2D eigenvalue weighted by Crippen LogP contribution is -2.42. The molecule has 0 radical (unpaired) electrons. The van der Waals surface area contributed by atoms with Gasteiger partial charge in [-0.15, -0.1) is 0 Å². The molecule has 14 heavy (non-hydrogen) atoms. The van der Waals surface area contributed by atoms with Gasteiger partial charge in [0.1, 0.15) is 0 Å². The number of nitrogens with one attached hydrogen (secondary N) is 1. The van der Waals surface area contributed by atoms with Crippen LogP contribution >= 0.6 is 0 Å². The summed E-state index contributed by atoms with van der Waals surface area (Å²) in [6, 6.07) is 1.72. The number of aliphatic hydroxyl groups excluding tert-OH is 1. The van der Waals surface area contributed by atoms with E-state index >= 15 is 0 Å². The van der Waals surface area contributed by atoms with Gasteiger partial charge in [0, 0.05) is 6.20 Å². The third kappa shape index (κ3) is 2.35. The van der Waals surface area contributed by atoms with Crippen molar-refractivity contribution in [3.8, 4) is 0 Å². The highest BCUT2D eigenvalue weighted by molar-refractivity contribution is 5.65. The molecule has 1 unspecified atom stereocenters. The summed E-state index contributed by atoms with van der Waals surface area (Å²) in [4.78, 5) is 3.96. The van der Waals surface area contributed by atoms with Gasteiger partial charge in [-0.2, -0.15) is 0 Å². The van der Waals surface area contributed by atoms with Gasteiger partial charge in [0.25, 0.3) is 0 Å². The molecule has 0 aliphatic rings. The van der Waals surface area contributed by atoms with Crippen molar-refractivity contribution in [3.63, 3.8) is 0 Å². The van der Waals surface area contributed by atoms with Crippen molar-refractivity contribution in [3.05, 3.63) is 18.5 Å². The van der Waals surface area contributed by atoms with Crippen molar-refractivity contribution in [2.45, 2.75) is 32.4 Å². The van der Waals surface area contributed by atoms with Crippen LogP contribution in [0.5, 0.6) is 0 Å². The number of aromatic nitrogens is 1. The fourth-order valence-corrected chi connectivity index (χ4v) is 0.961. The molecule has 1 aromatic rings. The first-order valence-corrected chi connectivity index (χ1v) is 4.59. The van der Waals surface area contributed by atoms with Crippen LogP contribution in [0.15, 0.2) is 18.5 Å². The molecule has 0 aliphatic carbocycles. The standard InChI is InChI=1S/C10H17N3O/c1-7(14)10(2,3)13-9-6-12-5-4-8(9)11/h4-7,13-14H,1-3H3,(H2,11,12). The predicted octanol–water partition coefficient (Wildman–Crippen LogP) is 1.24. The predicted molar refractivity (Wildman–Crippen MR) is 58.0 cm³/mol. The molecule has 0 aromatic carbocycles. The summed E-state index contributed by atoms with van der Waals surface area (Å²) >= 11 is 0. The van der Waals surface area contributed by atoms with Gasteiger partial charge in [-0.1, -0.05) is 0 Å². The second-order valence-corrected chi connectivity index (χ2v) is 3.99. The normalized spacial score (nSPS) is 13.7. The van der Waals surface area contributed by atoms with Gasteiger partial charge in [-0.05, 0) is 26.8 Å². The molecule has 0 saturated heterocycles. The first kappa shape index (κ1) is 10.8. The topological polar surface area (TPSA) is 71.2 Å². The number of anilines is 2. The van der Waals surface area contributed by atoms with E-state index in [9.17, 15) is 5.11 Å². The number of pyridine rings is 1. The fraction of sp³-hybridized carbons (Fsp3) is 0.500. The van der Waals surface area contributed by atoms with Gasteiger partial charge in [0.05, 0.1) is 29.2 Å². The molecule has 4 N–H and O–H groups in total. The molecule has 1 aromatic heterocycles. The highest BCUT2D eigenvalue weighted by Crippen LogP contribution is 2.22. The third-order valence-corrected chi connectivity index (χ3v) is 2.36. The molecule has 1 heterocycles. The van der Waals surface area contributed by atoms with E-state index in [1.165, 1.54) is 0 Å². The minimum atomic E-state index is -0.470. The Morgan fingerprint density at radius 2 is 2.21 bits per heavy atom. The quantitative estimate of drug-likeness (QED) is 0.678. The second-order valence-electron chi connectivity index (χ2n) is 3.99. The fourth-order valence-electron chi connectivity index (χ4n) is 0.961. The smallest absolute Gasteiger partial charge is 0.0765 e. The van der Waals surface area contributed by atoms with Gasteiger partial charge in [-0.3, -0.25) is 4.98 Å². The molecule has 4 nitrogen and oxygen atoms in total. The Hall–Kier alpha value is -1.29. The van der Waals surface area contributed by atoms with Crippen molar-refractivity contribution in [2.75, 3.05) is 11.1 Å². The summed E-state index contributed by atoms with van der Waals surface area (Å²) < 4.78 is 0. The lowest BCUT2D eigenvalue weighted by Gasteiger charge is -2.30. The van der Waals surface area contributed by atoms with E-state index in [1.54, 1.807) is 25.4 Å². The lowest BCUT2D eigenvalue weighted by molar-refractivity contribution is 0.133. The van der Waals surface area contributed by atoms with E-state index in [4.69, 9.17) is 5.73 Å². The Balaban J connectivity index is 2.84. The highest BCUT2D eigenvalue weighted by atomic mass is 16.3. The first-order valence-electron chi connectivity index (χ1n) is 4.59. The van der Waals surface area contributed by atoms with Crippen molar-refractivity contribution >= 4 is 11.4 Å². The summed E-state index contributed by atoms with van der Waals surface area (Å²) in [5, 5.41) is 12.7. The zero-order chi connectivity index (χ0) is 10.8. The third-order valence-electron chi connectivity index (χ3n) is 2.36. The van der Waals surface area contributed by atoms with Crippen LogP contribution in [0.2, 0.25) is 0 Å². The molecule has 1 atom stereocenters. The summed E-state index contributed by atoms with van der Waals surface area (Å²) in [6.45, 7) is 5.55. The second kappa shape index (κ2) is 3.84. The highest BCUT2D eigenvalue weighted by Gasteiger charge is 2.24. The number of aliphatic hydroxyl groups is 1. The van der Waals surface area contributed by atoms with Crippen LogP contribution in [0.1, 0.15) is 20.8 Å². The van der Waals surface area contributed by atoms with Crippen molar-refractivity contribution in [1.82, 2.24) is 4.98 Å². The Labute approximate surface area is 84.2 Å². The number of nitrogens with zero attached hydrogens (tertiary/aromatic N) is 1. The maximum absolute atomic E-state index is 9.51. The maximum atomic E-state index is 9.51. The van der Waals surface area contributed by atoms with Crippen LogP contribution in [-0.4, -0.2) is 21.7 Å². The SMILES string of the molecule is CC(O)C(C)(C)Nc1cnccc1N. The van der Waals surface area contributed by atoms with Crippen LogP contribution in [-0.2, 0) is 0 Å². The molecule has 78 valence electrons. The summed E-state index contributed by atoms with van der Waals surface area (Å²) in [7, 11) is 0. The van der Waals surface area contributed by atoms with E-state index < -0.39 is 11.6 Å². The van der Waals surface area contributed by atoms with E-state index in [2.05, 4.69) is 10.3 Å². The molecular formula is C10H17N3O. The monoisotopic (exact) mass is 195 g/mol. The summed E-state index contributed by atoms with van der Waals surface area (Å²) in [5.41, 5.74) is 6.71. The molecule has 4 heteroatoms. The first-order chi connectivity index (χ1) is 6.43. The Morgan fingerprint density at radius 3 is 2.71 bits per heavy atom. The number of hydrogen-bond acceptors (Lipinski definition) is 4. The van der Waals surface area contributed by atoms with Crippen LogP contribution in [0, 0.1) is 0 Å². The van der Waals surface area contributed by atoms with Gasteiger partial charge in [0.15, 0.2) is 0 Å². The zero-order valence-electron chi connectivity index (χ0n) is 8.78. The summed E-state index contributed by atoms with van der Waals surface area (Å²) in [5.74, 6) is 0. The average molecular weight is 195 g/mol. The molecular weight excluding hydrogens is 178 g/mol. The van der Waals surface area contributed by atoms with Crippen molar-refractivity contribution in [1.29, 1.82) is 0 Å². The zero-order valence-corrected chi connectivity index (χ0v) is 8.78. The largest absolute Gasteiger partial charge is 0.397 e. The van der Waals surface area contributed by atoms with Crippen molar-refractivity contribution in [2.24, 2.45) is 0 Å². The van der Waals surface area contributed by atoms with Crippen LogP contribution in [0.25, 0.3) is 0 Å². The maximum Gasteiger partial charge on any atom is 0.0765 e. The van der Waals surface area contributed by atoms with Crippen LogP contribution in [0.3, 0.4) is 0 Å². The molecule has 0 spiro atoms. The van der Waals surface area contributed by atoms with Crippen molar-refractivity contribution < 1.29 is 5.11 Å². The number of hydrogen-bond donors (Lipinski definition) is 3. The molecule has 0 bridgehead atoms.